The number of ether oxygens (including phenoxy) is 1. The highest BCUT2D eigenvalue weighted by molar-refractivity contribution is 9.10. The number of hydrogen-bond acceptors (Lipinski definition) is 4. The third kappa shape index (κ3) is 4.07. The van der Waals surface area contributed by atoms with Crippen molar-refractivity contribution in [1.29, 1.82) is 0 Å². The number of benzene rings is 2. The van der Waals surface area contributed by atoms with E-state index in [9.17, 15) is 4.79 Å². The molecule has 0 radical (unpaired) electrons. The third-order valence-corrected chi connectivity index (χ3v) is 4.64. The molecule has 1 aliphatic rings. The lowest BCUT2D eigenvalue weighted by molar-refractivity contribution is -0.115. The Morgan fingerprint density at radius 3 is 2.71 bits per heavy atom. The number of hydrogen-bond donors (Lipinski definition) is 1. The van der Waals surface area contributed by atoms with Gasteiger partial charge in [-0.2, -0.15) is 0 Å². The van der Waals surface area contributed by atoms with Crippen molar-refractivity contribution < 1.29 is 9.53 Å². The van der Waals surface area contributed by atoms with E-state index in [2.05, 4.69) is 26.2 Å². The normalized spacial score (nSPS) is 17.3. The van der Waals surface area contributed by atoms with E-state index in [1.54, 1.807) is 0 Å². The minimum Gasteiger partial charge on any atom is -0.492 e. The molecule has 0 spiro atoms. The van der Waals surface area contributed by atoms with Gasteiger partial charge in [-0.25, -0.2) is 4.99 Å². The maximum absolute atomic E-state index is 12.1. The standard InChI is InChI=1S/C18H15BrN2O2S/c1-2-23-15-6-4-3-5-14(15)20-18-21-17(22)16(24-18)11-12-7-9-13(19)10-8-12/h3-11H,2H2,1H3,(H,20,21,22)/b16-11-. The first-order valence-electron chi connectivity index (χ1n) is 7.42. The molecule has 4 nitrogen and oxygen atoms in total. The van der Waals surface area contributed by atoms with Crippen molar-refractivity contribution in [2.75, 3.05) is 6.61 Å². The first-order chi connectivity index (χ1) is 11.7. The molecule has 0 aliphatic carbocycles. The second-order valence-electron chi connectivity index (χ2n) is 4.93. The fourth-order valence-corrected chi connectivity index (χ4v) is 3.23. The predicted octanol–water partition coefficient (Wildman–Crippen LogP) is 4.74. The van der Waals surface area contributed by atoms with Gasteiger partial charge in [0.05, 0.1) is 11.5 Å². The molecule has 0 atom stereocenters. The average Bonchev–Trinajstić information content (AvgIpc) is 2.91. The largest absolute Gasteiger partial charge is 0.492 e. The predicted molar refractivity (Wildman–Crippen MR) is 103 cm³/mol. The van der Waals surface area contributed by atoms with Gasteiger partial charge >= 0.3 is 0 Å². The fourth-order valence-electron chi connectivity index (χ4n) is 2.13. The van der Waals surface area contributed by atoms with Crippen LogP contribution in [0.25, 0.3) is 6.08 Å². The van der Waals surface area contributed by atoms with Gasteiger partial charge in [0.2, 0.25) is 0 Å². The average molecular weight is 403 g/mol. The van der Waals surface area contributed by atoms with Crippen LogP contribution < -0.4 is 10.1 Å². The molecule has 1 saturated heterocycles. The minimum atomic E-state index is -0.143. The molecule has 3 rings (SSSR count). The van der Waals surface area contributed by atoms with Crippen molar-refractivity contribution in [2.24, 2.45) is 4.99 Å². The lowest BCUT2D eigenvalue weighted by atomic mass is 10.2. The summed E-state index contributed by atoms with van der Waals surface area (Å²) in [5.41, 5.74) is 1.67. The maximum Gasteiger partial charge on any atom is 0.264 e. The zero-order valence-corrected chi connectivity index (χ0v) is 15.4. The number of rotatable bonds is 4. The summed E-state index contributed by atoms with van der Waals surface area (Å²) in [5.74, 6) is 0.559. The highest BCUT2D eigenvalue weighted by Gasteiger charge is 2.24. The van der Waals surface area contributed by atoms with Crippen LogP contribution in [0.3, 0.4) is 0 Å². The topological polar surface area (TPSA) is 50.7 Å². The van der Waals surface area contributed by atoms with Crippen LogP contribution in [0.15, 0.2) is 62.9 Å². The minimum absolute atomic E-state index is 0.143. The summed E-state index contributed by atoms with van der Waals surface area (Å²) < 4.78 is 6.56. The molecule has 0 unspecified atom stereocenters. The summed E-state index contributed by atoms with van der Waals surface area (Å²) in [6.45, 7) is 2.49. The Balaban J connectivity index is 1.83. The summed E-state index contributed by atoms with van der Waals surface area (Å²) >= 11 is 4.72. The van der Waals surface area contributed by atoms with E-state index in [0.717, 1.165) is 10.0 Å². The van der Waals surface area contributed by atoms with Gasteiger partial charge in [0, 0.05) is 4.47 Å². The van der Waals surface area contributed by atoms with Crippen molar-refractivity contribution in [2.45, 2.75) is 6.92 Å². The lowest BCUT2D eigenvalue weighted by Gasteiger charge is -2.06. The lowest BCUT2D eigenvalue weighted by Crippen LogP contribution is -2.19. The van der Waals surface area contributed by atoms with Crippen LogP contribution in [0.2, 0.25) is 0 Å². The van der Waals surface area contributed by atoms with Crippen molar-refractivity contribution in [1.82, 2.24) is 5.32 Å². The summed E-state index contributed by atoms with van der Waals surface area (Å²) in [6.07, 6.45) is 1.85. The Morgan fingerprint density at radius 2 is 1.96 bits per heavy atom. The molecular weight excluding hydrogens is 388 g/mol. The van der Waals surface area contributed by atoms with Crippen molar-refractivity contribution in [3.8, 4) is 5.75 Å². The third-order valence-electron chi connectivity index (χ3n) is 3.21. The molecule has 1 aliphatic heterocycles. The van der Waals surface area contributed by atoms with Crippen LogP contribution in [0.1, 0.15) is 12.5 Å². The van der Waals surface area contributed by atoms with Gasteiger partial charge in [0.1, 0.15) is 11.4 Å². The first-order valence-corrected chi connectivity index (χ1v) is 9.03. The first kappa shape index (κ1) is 16.8. The van der Waals surface area contributed by atoms with Crippen LogP contribution in [0.4, 0.5) is 5.69 Å². The van der Waals surface area contributed by atoms with E-state index in [0.29, 0.717) is 28.1 Å². The molecule has 0 aromatic heterocycles. The van der Waals surface area contributed by atoms with Gasteiger partial charge in [0.15, 0.2) is 5.17 Å². The number of aliphatic imine (C=N–C) groups is 1. The van der Waals surface area contributed by atoms with Gasteiger partial charge in [-0.3, -0.25) is 4.79 Å². The smallest absolute Gasteiger partial charge is 0.264 e. The van der Waals surface area contributed by atoms with Gasteiger partial charge in [0.25, 0.3) is 5.91 Å². The van der Waals surface area contributed by atoms with E-state index in [4.69, 9.17) is 4.74 Å². The zero-order valence-electron chi connectivity index (χ0n) is 13.0. The van der Waals surface area contributed by atoms with E-state index in [-0.39, 0.29) is 5.91 Å². The number of nitrogens with zero attached hydrogens (tertiary/aromatic N) is 1. The molecule has 6 heteroatoms. The molecule has 1 N–H and O–H groups in total. The molecule has 2 aromatic carbocycles. The molecule has 24 heavy (non-hydrogen) atoms. The quantitative estimate of drug-likeness (QED) is 0.751. The number of amidine groups is 1. The molecule has 1 amide bonds. The number of carbonyl (C=O) groups is 1. The summed E-state index contributed by atoms with van der Waals surface area (Å²) in [4.78, 5) is 17.3. The molecule has 1 fully saturated rings. The zero-order chi connectivity index (χ0) is 16.9. The number of thioether (sulfide) groups is 1. The highest BCUT2D eigenvalue weighted by atomic mass is 79.9. The Kier molecular flexibility index (Phi) is 5.37. The molecule has 0 bridgehead atoms. The second-order valence-corrected chi connectivity index (χ2v) is 6.88. The number of amides is 1. The van der Waals surface area contributed by atoms with Crippen molar-refractivity contribution in [3.63, 3.8) is 0 Å². The number of halogens is 1. The van der Waals surface area contributed by atoms with Gasteiger partial charge < -0.3 is 10.1 Å². The Bertz CT molecular complexity index is 816. The van der Waals surface area contributed by atoms with E-state index < -0.39 is 0 Å². The summed E-state index contributed by atoms with van der Waals surface area (Å²) in [6, 6.07) is 15.3. The van der Waals surface area contributed by atoms with Crippen LogP contribution in [0, 0.1) is 0 Å². The molecular formula is C18H15BrN2O2S. The number of para-hydroxylation sites is 2. The fraction of sp³-hybridized carbons (Fsp3) is 0.111. The summed E-state index contributed by atoms with van der Waals surface area (Å²) in [7, 11) is 0. The second kappa shape index (κ2) is 7.68. The van der Waals surface area contributed by atoms with Crippen LogP contribution in [-0.4, -0.2) is 17.7 Å². The molecule has 0 saturated carbocycles. The Labute approximate surface area is 153 Å². The SMILES string of the molecule is CCOc1ccccc1N=C1NC(=O)/C(=C/c2ccc(Br)cc2)S1. The highest BCUT2D eigenvalue weighted by Crippen LogP contribution is 2.32. The Hall–Kier alpha value is -2.05. The number of nitrogens with one attached hydrogen (secondary N) is 1. The maximum atomic E-state index is 12.1. The van der Waals surface area contributed by atoms with Crippen LogP contribution >= 0.6 is 27.7 Å². The van der Waals surface area contributed by atoms with Crippen LogP contribution in [-0.2, 0) is 4.79 Å². The molecule has 2 aromatic rings. The van der Waals surface area contributed by atoms with Crippen molar-refractivity contribution in [3.05, 3.63) is 63.5 Å². The van der Waals surface area contributed by atoms with Crippen LogP contribution in [0.5, 0.6) is 5.75 Å². The van der Waals surface area contributed by atoms with E-state index in [1.165, 1.54) is 11.8 Å². The molecule has 1 heterocycles. The van der Waals surface area contributed by atoms with Gasteiger partial charge in [-0.15, -0.1) is 0 Å². The monoisotopic (exact) mass is 402 g/mol. The van der Waals surface area contributed by atoms with E-state index >= 15 is 0 Å². The summed E-state index contributed by atoms with van der Waals surface area (Å²) in [5, 5.41) is 3.35. The van der Waals surface area contributed by atoms with Crippen molar-refractivity contribution >= 4 is 50.5 Å². The number of carbonyl (C=O) groups excluding carboxylic acids is 1. The van der Waals surface area contributed by atoms with Gasteiger partial charge in [-0.05, 0) is 54.6 Å². The van der Waals surface area contributed by atoms with Gasteiger partial charge in [-0.1, -0.05) is 40.2 Å². The molecule has 122 valence electrons. The van der Waals surface area contributed by atoms with E-state index in [1.807, 2.05) is 61.5 Å². The Morgan fingerprint density at radius 1 is 1.21 bits per heavy atom.